The van der Waals surface area contributed by atoms with Crippen molar-refractivity contribution in [2.75, 3.05) is 5.73 Å². The van der Waals surface area contributed by atoms with E-state index in [9.17, 15) is 14.6 Å². The van der Waals surface area contributed by atoms with Crippen molar-refractivity contribution in [3.63, 3.8) is 0 Å². The molecule has 5 nitrogen and oxygen atoms in total. The fourth-order valence-corrected chi connectivity index (χ4v) is 1.41. The molecule has 0 unspecified atom stereocenters. The van der Waals surface area contributed by atoms with Gasteiger partial charge in [0.25, 0.3) is 0 Å². The lowest BCUT2D eigenvalue weighted by Gasteiger charge is -2.07. The van der Waals surface area contributed by atoms with Crippen LogP contribution in [0.15, 0.2) is 16.8 Å². The molecular weight excluding hydrogens is 215 g/mol. The zero-order chi connectivity index (χ0) is 11.9. The van der Waals surface area contributed by atoms with Crippen LogP contribution < -0.4 is 5.73 Å². The minimum absolute atomic E-state index is 0.0338. The molecule has 0 fully saturated rings. The molecule has 0 aliphatic heterocycles. The summed E-state index contributed by atoms with van der Waals surface area (Å²) < 4.78 is 18.3. The van der Waals surface area contributed by atoms with E-state index in [0.29, 0.717) is 5.56 Å². The molecule has 4 N–H and O–H groups in total. The van der Waals surface area contributed by atoms with Crippen molar-refractivity contribution < 1.29 is 19.1 Å². The number of phenols is 2. The Labute approximate surface area is 89.9 Å². The molecule has 1 aromatic heterocycles. The Morgan fingerprint density at radius 3 is 2.56 bits per heavy atom. The number of aryl methyl sites for hydroxylation is 1. The molecule has 84 valence electrons. The fraction of sp³-hybridized carbons (Fsp3) is 0.100. The average molecular weight is 224 g/mol. The summed E-state index contributed by atoms with van der Waals surface area (Å²) in [4.78, 5) is 0. The Bertz CT molecular complexity index is 551. The van der Waals surface area contributed by atoms with Crippen molar-refractivity contribution in [1.82, 2.24) is 5.16 Å². The molecule has 0 aliphatic carbocycles. The number of anilines is 1. The normalized spacial score (nSPS) is 10.6. The summed E-state index contributed by atoms with van der Waals surface area (Å²) in [6.45, 7) is 1.53. The second kappa shape index (κ2) is 3.41. The van der Waals surface area contributed by atoms with Crippen LogP contribution in [0, 0.1) is 12.7 Å². The first kappa shape index (κ1) is 10.3. The number of aromatic nitrogens is 1. The summed E-state index contributed by atoms with van der Waals surface area (Å²) >= 11 is 0. The fourth-order valence-electron chi connectivity index (χ4n) is 1.41. The van der Waals surface area contributed by atoms with Gasteiger partial charge in [-0.15, -0.1) is 0 Å². The van der Waals surface area contributed by atoms with Crippen LogP contribution in [0.5, 0.6) is 11.5 Å². The maximum Gasteiger partial charge on any atom is 0.230 e. The number of nitrogens with two attached hydrogens (primary N) is 1. The molecule has 2 aromatic rings. The molecule has 0 spiro atoms. The van der Waals surface area contributed by atoms with Gasteiger partial charge >= 0.3 is 0 Å². The third-order valence-electron chi connectivity index (χ3n) is 2.29. The van der Waals surface area contributed by atoms with Gasteiger partial charge in [-0.1, -0.05) is 5.16 Å². The van der Waals surface area contributed by atoms with E-state index in [0.717, 1.165) is 0 Å². The second-order valence-corrected chi connectivity index (χ2v) is 3.36. The van der Waals surface area contributed by atoms with E-state index in [1.807, 2.05) is 0 Å². The molecule has 0 radical (unpaired) electrons. The lowest BCUT2D eigenvalue weighted by atomic mass is 10.0. The smallest absolute Gasteiger partial charge is 0.230 e. The van der Waals surface area contributed by atoms with Gasteiger partial charge in [0.15, 0.2) is 17.3 Å². The number of halogens is 1. The Morgan fingerprint density at radius 1 is 1.31 bits per heavy atom. The Kier molecular flexibility index (Phi) is 2.19. The Morgan fingerprint density at radius 2 is 2.00 bits per heavy atom. The average Bonchev–Trinajstić information content (AvgIpc) is 2.67. The highest BCUT2D eigenvalue weighted by Crippen LogP contribution is 2.39. The van der Waals surface area contributed by atoms with Gasteiger partial charge in [-0.3, -0.25) is 0 Å². The molecule has 2 rings (SSSR count). The maximum absolute atomic E-state index is 13.7. The predicted octanol–water partition coefficient (Wildman–Crippen LogP) is 1.78. The second-order valence-electron chi connectivity index (χ2n) is 3.36. The van der Waals surface area contributed by atoms with Crippen molar-refractivity contribution >= 4 is 5.88 Å². The molecular formula is C10H9FN2O3. The standard InChI is InChI=1S/C10H9FN2O3/c1-4-2-5(6-3-13-16-10(6)12)7(11)9(15)8(4)14/h2-3,14-15H,12H2,1H3. The van der Waals surface area contributed by atoms with Gasteiger partial charge in [-0.2, -0.15) is 0 Å². The number of rotatable bonds is 1. The molecule has 1 heterocycles. The molecule has 0 saturated heterocycles. The van der Waals surface area contributed by atoms with E-state index in [1.165, 1.54) is 19.2 Å². The molecule has 1 aromatic carbocycles. The van der Waals surface area contributed by atoms with Crippen LogP contribution in [0.2, 0.25) is 0 Å². The lowest BCUT2D eigenvalue weighted by molar-refractivity contribution is 0.377. The van der Waals surface area contributed by atoms with Gasteiger partial charge in [0, 0.05) is 5.56 Å². The van der Waals surface area contributed by atoms with E-state index in [2.05, 4.69) is 9.68 Å². The predicted molar refractivity (Wildman–Crippen MR) is 54.4 cm³/mol. The van der Waals surface area contributed by atoms with Crippen molar-refractivity contribution in [2.45, 2.75) is 6.92 Å². The number of nitrogens with zero attached hydrogens (tertiary/aromatic N) is 1. The number of nitrogen functional groups attached to an aromatic ring is 1. The molecule has 0 aliphatic rings. The van der Waals surface area contributed by atoms with E-state index < -0.39 is 17.3 Å². The van der Waals surface area contributed by atoms with Crippen molar-refractivity contribution in [3.05, 3.63) is 23.6 Å². The van der Waals surface area contributed by atoms with Gasteiger partial charge in [0.2, 0.25) is 5.88 Å². The first-order valence-corrected chi connectivity index (χ1v) is 4.44. The van der Waals surface area contributed by atoms with Crippen molar-refractivity contribution in [3.8, 4) is 22.6 Å². The van der Waals surface area contributed by atoms with Crippen LogP contribution in [-0.4, -0.2) is 15.4 Å². The molecule has 0 saturated carbocycles. The summed E-state index contributed by atoms with van der Waals surface area (Å²) in [5.41, 5.74) is 6.03. The first-order valence-electron chi connectivity index (χ1n) is 4.44. The van der Waals surface area contributed by atoms with Crippen LogP contribution >= 0.6 is 0 Å². The number of benzene rings is 1. The maximum atomic E-state index is 13.7. The summed E-state index contributed by atoms with van der Waals surface area (Å²) in [5.74, 6) is -2.31. The van der Waals surface area contributed by atoms with Gasteiger partial charge in [0.1, 0.15) is 0 Å². The molecule has 0 bridgehead atoms. The number of hydrogen-bond acceptors (Lipinski definition) is 5. The molecule has 0 atom stereocenters. The third-order valence-corrected chi connectivity index (χ3v) is 2.29. The van der Waals surface area contributed by atoms with Crippen LogP contribution in [0.4, 0.5) is 10.3 Å². The summed E-state index contributed by atoms with van der Waals surface area (Å²) in [7, 11) is 0. The zero-order valence-corrected chi connectivity index (χ0v) is 8.36. The van der Waals surface area contributed by atoms with Crippen LogP contribution in [0.1, 0.15) is 5.56 Å². The monoisotopic (exact) mass is 224 g/mol. The zero-order valence-electron chi connectivity index (χ0n) is 8.36. The van der Waals surface area contributed by atoms with E-state index in [-0.39, 0.29) is 17.0 Å². The highest BCUT2D eigenvalue weighted by Gasteiger charge is 2.19. The highest BCUT2D eigenvalue weighted by molar-refractivity contribution is 5.75. The number of aromatic hydroxyl groups is 2. The quantitative estimate of drug-likeness (QED) is 0.642. The van der Waals surface area contributed by atoms with Gasteiger partial charge in [-0.25, -0.2) is 4.39 Å². The van der Waals surface area contributed by atoms with Crippen LogP contribution in [0.25, 0.3) is 11.1 Å². The van der Waals surface area contributed by atoms with Crippen molar-refractivity contribution in [2.24, 2.45) is 0 Å². The minimum atomic E-state index is -0.960. The Balaban J connectivity index is 2.72. The molecule has 16 heavy (non-hydrogen) atoms. The number of hydrogen-bond donors (Lipinski definition) is 3. The SMILES string of the molecule is Cc1cc(-c2cnoc2N)c(F)c(O)c1O. The summed E-state index contributed by atoms with van der Waals surface area (Å²) in [6, 6.07) is 1.35. The van der Waals surface area contributed by atoms with Crippen LogP contribution in [-0.2, 0) is 0 Å². The third kappa shape index (κ3) is 1.35. The first-order chi connectivity index (χ1) is 7.52. The van der Waals surface area contributed by atoms with Gasteiger partial charge in [0.05, 0.1) is 11.8 Å². The van der Waals surface area contributed by atoms with Gasteiger partial charge < -0.3 is 20.5 Å². The van der Waals surface area contributed by atoms with E-state index in [1.54, 1.807) is 0 Å². The van der Waals surface area contributed by atoms with Crippen LogP contribution in [0.3, 0.4) is 0 Å². The lowest BCUT2D eigenvalue weighted by Crippen LogP contribution is -1.91. The number of phenolic OH excluding ortho intramolecular Hbond substituents is 2. The topological polar surface area (TPSA) is 92.5 Å². The van der Waals surface area contributed by atoms with Gasteiger partial charge in [-0.05, 0) is 18.6 Å². The summed E-state index contributed by atoms with van der Waals surface area (Å²) in [6.07, 6.45) is 1.24. The largest absolute Gasteiger partial charge is 0.504 e. The Hall–Kier alpha value is -2.24. The molecule has 6 heteroatoms. The minimum Gasteiger partial charge on any atom is -0.504 e. The summed E-state index contributed by atoms with van der Waals surface area (Å²) in [5, 5.41) is 22.1. The van der Waals surface area contributed by atoms with E-state index in [4.69, 9.17) is 5.73 Å². The molecule has 0 amide bonds. The highest BCUT2D eigenvalue weighted by atomic mass is 19.1. The van der Waals surface area contributed by atoms with Crippen molar-refractivity contribution in [1.29, 1.82) is 0 Å². The van der Waals surface area contributed by atoms with E-state index >= 15 is 0 Å².